The summed E-state index contributed by atoms with van der Waals surface area (Å²) < 4.78 is 34.3. The second kappa shape index (κ2) is 7.33. The highest BCUT2D eigenvalue weighted by Crippen LogP contribution is 2.26. The standard InChI is InChI=1S/C15H13Br2F2NO/c1-20-7-9-6-10(16)2-5-14(9)21-8-11-13(18)4-3-12(17)15(11)19/h2-6,20H,7-8H2,1H3. The molecule has 1 N–H and O–H groups in total. The molecule has 2 aromatic rings. The molecular weight excluding hydrogens is 408 g/mol. The lowest BCUT2D eigenvalue weighted by Crippen LogP contribution is -2.09. The van der Waals surface area contributed by atoms with Gasteiger partial charge >= 0.3 is 0 Å². The van der Waals surface area contributed by atoms with Crippen molar-refractivity contribution in [3.63, 3.8) is 0 Å². The van der Waals surface area contributed by atoms with Crippen LogP contribution in [0.3, 0.4) is 0 Å². The quantitative estimate of drug-likeness (QED) is 0.702. The molecule has 0 heterocycles. The minimum atomic E-state index is -0.637. The molecule has 0 bridgehead atoms. The fraction of sp³-hybridized carbons (Fsp3) is 0.200. The number of rotatable bonds is 5. The number of halogens is 4. The zero-order chi connectivity index (χ0) is 15.4. The Hall–Kier alpha value is -0.980. The molecule has 0 atom stereocenters. The van der Waals surface area contributed by atoms with Crippen LogP contribution in [0.4, 0.5) is 8.78 Å². The van der Waals surface area contributed by atoms with Gasteiger partial charge in [-0.1, -0.05) is 15.9 Å². The fourth-order valence-corrected chi connectivity index (χ4v) is 2.65. The average Bonchev–Trinajstić information content (AvgIpc) is 2.45. The van der Waals surface area contributed by atoms with E-state index < -0.39 is 11.6 Å². The van der Waals surface area contributed by atoms with Gasteiger partial charge in [0.05, 0.1) is 10.0 Å². The molecule has 0 fully saturated rings. The first-order valence-electron chi connectivity index (χ1n) is 6.21. The molecule has 6 heteroatoms. The van der Waals surface area contributed by atoms with Gasteiger partial charge in [-0.15, -0.1) is 0 Å². The van der Waals surface area contributed by atoms with Gasteiger partial charge in [0.1, 0.15) is 24.0 Å². The Morgan fingerprint density at radius 2 is 1.90 bits per heavy atom. The largest absolute Gasteiger partial charge is 0.488 e. The summed E-state index contributed by atoms with van der Waals surface area (Å²) in [5.41, 5.74) is 0.811. The molecule has 0 aliphatic rings. The first kappa shape index (κ1) is 16.4. The molecule has 0 aliphatic carbocycles. The average molecular weight is 421 g/mol. The van der Waals surface area contributed by atoms with Gasteiger partial charge in [0.2, 0.25) is 0 Å². The second-order valence-corrected chi connectivity index (χ2v) is 6.16. The Morgan fingerprint density at radius 1 is 1.14 bits per heavy atom. The number of ether oxygens (including phenoxy) is 1. The first-order valence-corrected chi connectivity index (χ1v) is 7.79. The Morgan fingerprint density at radius 3 is 2.62 bits per heavy atom. The van der Waals surface area contributed by atoms with Gasteiger partial charge in [0.25, 0.3) is 0 Å². The fourth-order valence-electron chi connectivity index (χ4n) is 1.87. The van der Waals surface area contributed by atoms with Gasteiger partial charge < -0.3 is 10.1 Å². The number of nitrogens with one attached hydrogen (secondary N) is 1. The van der Waals surface area contributed by atoms with E-state index in [1.165, 1.54) is 12.1 Å². The number of benzene rings is 2. The van der Waals surface area contributed by atoms with Crippen molar-refractivity contribution in [2.24, 2.45) is 0 Å². The molecule has 0 unspecified atom stereocenters. The second-order valence-electron chi connectivity index (χ2n) is 4.39. The molecule has 0 amide bonds. The highest BCUT2D eigenvalue weighted by atomic mass is 79.9. The van der Waals surface area contributed by atoms with Crippen LogP contribution < -0.4 is 10.1 Å². The normalized spacial score (nSPS) is 10.7. The van der Waals surface area contributed by atoms with Crippen molar-refractivity contribution >= 4 is 31.9 Å². The van der Waals surface area contributed by atoms with Crippen molar-refractivity contribution in [3.05, 3.63) is 62.0 Å². The predicted octanol–water partition coefficient (Wildman–Crippen LogP) is 4.79. The number of hydrogen-bond acceptors (Lipinski definition) is 2. The van der Waals surface area contributed by atoms with E-state index in [1.54, 1.807) is 6.07 Å². The summed E-state index contributed by atoms with van der Waals surface area (Å²) in [7, 11) is 1.82. The van der Waals surface area contributed by atoms with Gasteiger partial charge in [-0.2, -0.15) is 0 Å². The van der Waals surface area contributed by atoms with Crippen LogP contribution >= 0.6 is 31.9 Å². The third-order valence-electron chi connectivity index (χ3n) is 2.90. The van der Waals surface area contributed by atoms with Crippen LogP contribution in [0.1, 0.15) is 11.1 Å². The van der Waals surface area contributed by atoms with E-state index in [0.29, 0.717) is 12.3 Å². The Balaban J connectivity index is 2.23. The molecular formula is C15H13Br2F2NO. The third kappa shape index (κ3) is 4.02. The third-order valence-corrected chi connectivity index (χ3v) is 4.01. The molecule has 0 aliphatic heterocycles. The van der Waals surface area contributed by atoms with Crippen LogP contribution in [-0.4, -0.2) is 7.05 Å². The summed E-state index contributed by atoms with van der Waals surface area (Å²) in [5.74, 6) is -0.670. The van der Waals surface area contributed by atoms with E-state index in [-0.39, 0.29) is 16.6 Å². The SMILES string of the molecule is CNCc1cc(Br)ccc1OCc1c(F)ccc(Br)c1F. The summed E-state index contributed by atoms with van der Waals surface area (Å²) >= 11 is 6.43. The predicted molar refractivity (Wildman–Crippen MR) is 85.3 cm³/mol. The molecule has 112 valence electrons. The molecule has 0 saturated heterocycles. The van der Waals surface area contributed by atoms with Crippen LogP contribution in [0.15, 0.2) is 39.3 Å². The van der Waals surface area contributed by atoms with Crippen molar-refractivity contribution in [1.29, 1.82) is 0 Å². The monoisotopic (exact) mass is 419 g/mol. The van der Waals surface area contributed by atoms with Crippen LogP contribution in [0, 0.1) is 11.6 Å². The molecule has 0 aromatic heterocycles. The summed E-state index contributed by atoms with van der Waals surface area (Å²) in [6, 6.07) is 8.04. The van der Waals surface area contributed by atoms with Gasteiger partial charge in [-0.05, 0) is 53.3 Å². The zero-order valence-corrected chi connectivity index (χ0v) is 14.4. The van der Waals surface area contributed by atoms with Crippen molar-refractivity contribution in [1.82, 2.24) is 5.32 Å². The minimum Gasteiger partial charge on any atom is -0.488 e. The van der Waals surface area contributed by atoms with E-state index in [4.69, 9.17) is 4.74 Å². The van der Waals surface area contributed by atoms with E-state index in [1.807, 2.05) is 19.2 Å². The van der Waals surface area contributed by atoms with Crippen molar-refractivity contribution < 1.29 is 13.5 Å². The van der Waals surface area contributed by atoms with Crippen molar-refractivity contribution in [3.8, 4) is 5.75 Å². The maximum absolute atomic E-state index is 13.9. The van der Waals surface area contributed by atoms with Crippen LogP contribution in [0.2, 0.25) is 0 Å². The van der Waals surface area contributed by atoms with Crippen molar-refractivity contribution in [2.75, 3.05) is 7.05 Å². The highest BCUT2D eigenvalue weighted by Gasteiger charge is 2.14. The highest BCUT2D eigenvalue weighted by molar-refractivity contribution is 9.10. The van der Waals surface area contributed by atoms with E-state index in [0.717, 1.165) is 10.0 Å². The summed E-state index contributed by atoms with van der Waals surface area (Å²) in [5, 5.41) is 3.03. The minimum absolute atomic E-state index is 0.0947. The smallest absolute Gasteiger partial charge is 0.146 e. The molecule has 21 heavy (non-hydrogen) atoms. The van der Waals surface area contributed by atoms with Crippen LogP contribution in [0.25, 0.3) is 0 Å². The lowest BCUT2D eigenvalue weighted by Gasteiger charge is -2.13. The number of hydrogen-bond donors (Lipinski definition) is 1. The molecule has 2 aromatic carbocycles. The van der Waals surface area contributed by atoms with Gasteiger partial charge in [-0.25, -0.2) is 8.78 Å². The van der Waals surface area contributed by atoms with Gasteiger partial charge in [0.15, 0.2) is 0 Å². The lowest BCUT2D eigenvalue weighted by atomic mass is 10.2. The van der Waals surface area contributed by atoms with Crippen molar-refractivity contribution in [2.45, 2.75) is 13.2 Å². The topological polar surface area (TPSA) is 21.3 Å². The molecule has 2 nitrogen and oxygen atoms in total. The van der Waals surface area contributed by atoms with Gasteiger partial charge in [0, 0.05) is 16.6 Å². The Bertz CT molecular complexity index is 650. The van der Waals surface area contributed by atoms with Crippen LogP contribution in [0.5, 0.6) is 5.75 Å². The van der Waals surface area contributed by atoms with E-state index in [9.17, 15) is 8.78 Å². The van der Waals surface area contributed by atoms with Crippen LogP contribution in [-0.2, 0) is 13.2 Å². The zero-order valence-electron chi connectivity index (χ0n) is 11.2. The maximum atomic E-state index is 13.9. The molecule has 0 saturated carbocycles. The maximum Gasteiger partial charge on any atom is 0.146 e. The van der Waals surface area contributed by atoms with E-state index >= 15 is 0 Å². The molecule has 0 spiro atoms. The lowest BCUT2D eigenvalue weighted by molar-refractivity contribution is 0.288. The van der Waals surface area contributed by atoms with Gasteiger partial charge in [-0.3, -0.25) is 0 Å². The molecule has 2 rings (SSSR count). The van der Waals surface area contributed by atoms with E-state index in [2.05, 4.69) is 37.2 Å². The first-order chi connectivity index (χ1) is 10.0. The summed E-state index contributed by atoms with van der Waals surface area (Å²) in [6.07, 6.45) is 0. The summed E-state index contributed by atoms with van der Waals surface area (Å²) in [4.78, 5) is 0. The molecule has 0 radical (unpaired) electrons. The summed E-state index contributed by atoms with van der Waals surface area (Å²) in [6.45, 7) is 0.424. The Kier molecular flexibility index (Phi) is 5.72. The Labute approximate surface area is 138 Å².